The lowest BCUT2D eigenvalue weighted by molar-refractivity contribution is 0.0989. The van der Waals surface area contributed by atoms with E-state index in [1.54, 1.807) is 38.3 Å². The van der Waals surface area contributed by atoms with Crippen LogP contribution in [0.15, 0.2) is 48.5 Å². The van der Waals surface area contributed by atoms with Gasteiger partial charge in [-0.3, -0.25) is 0 Å². The fourth-order valence-electron chi connectivity index (χ4n) is 1.99. The van der Waals surface area contributed by atoms with Gasteiger partial charge in [0.25, 0.3) is 0 Å². The molecule has 0 aliphatic rings. The normalized spacial score (nSPS) is 13.9. The summed E-state index contributed by atoms with van der Waals surface area (Å²) in [5.41, 5.74) is 0.225. The van der Waals surface area contributed by atoms with Crippen LogP contribution in [0.4, 0.5) is 0 Å². The summed E-state index contributed by atoms with van der Waals surface area (Å²) in [5, 5.41) is 20.0. The largest absolute Gasteiger partial charge is 0.508 e. The van der Waals surface area contributed by atoms with Crippen molar-refractivity contribution in [2.24, 2.45) is 0 Å². The van der Waals surface area contributed by atoms with E-state index >= 15 is 0 Å². The Hall–Kier alpha value is -2.00. The Bertz CT molecular complexity index is 530. The van der Waals surface area contributed by atoms with Gasteiger partial charge in [-0.25, -0.2) is 0 Å². The molecule has 94 valence electrons. The van der Waals surface area contributed by atoms with E-state index in [0.717, 1.165) is 0 Å². The molecule has 0 aliphatic heterocycles. The van der Waals surface area contributed by atoms with Crippen molar-refractivity contribution in [3.8, 4) is 11.5 Å². The van der Waals surface area contributed by atoms with Gasteiger partial charge in [0, 0.05) is 5.56 Å². The number of aliphatic hydroxyl groups is 1. The molecule has 0 heterocycles. The van der Waals surface area contributed by atoms with Gasteiger partial charge in [0.15, 0.2) is 0 Å². The molecule has 0 aliphatic carbocycles. The van der Waals surface area contributed by atoms with Gasteiger partial charge in [-0.2, -0.15) is 0 Å². The van der Waals surface area contributed by atoms with E-state index in [9.17, 15) is 10.2 Å². The molecule has 2 rings (SSSR count). The molecular formula is C15H16O3. The molecule has 2 aromatic rings. The van der Waals surface area contributed by atoms with Crippen LogP contribution in [-0.4, -0.2) is 17.3 Å². The standard InChI is InChI=1S/C15H16O3/c1-15(17,11-7-9-12(16)10-8-11)13-5-3-4-6-14(13)18-2/h3-10,16-17H,1-2H3. The average Bonchev–Trinajstić information content (AvgIpc) is 2.39. The van der Waals surface area contributed by atoms with E-state index in [-0.39, 0.29) is 5.75 Å². The van der Waals surface area contributed by atoms with Crippen molar-refractivity contribution in [3.63, 3.8) is 0 Å². The zero-order valence-corrected chi connectivity index (χ0v) is 10.4. The van der Waals surface area contributed by atoms with Crippen LogP contribution < -0.4 is 4.74 Å². The molecule has 0 fully saturated rings. The second-order valence-electron chi connectivity index (χ2n) is 4.32. The van der Waals surface area contributed by atoms with Crippen molar-refractivity contribution < 1.29 is 14.9 Å². The Morgan fingerprint density at radius 2 is 1.61 bits per heavy atom. The number of methoxy groups -OCH3 is 1. The third kappa shape index (κ3) is 2.17. The molecule has 0 saturated heterocycles. The Morgan fingerprint density at radius 3 is 2.22 bits per heavy atom. The first kappa shape index (κ1) is 12.5. The average molecular weight is 244 g/mol. The fraction of sp³-hybridized carbons (Fsp3) is 0.200. The molecule has 0 spiro atoms. The second kappa shape index (κ2) is 4.70. The molecular weight excluding hydrogens is 228 g/mol. The van der Waals surface area contributed by atoms with Gasteiger partial charge >= 0.3 is 0 Å². The van der Waals surface area contributed by atoms with Crippen molar-refractivity contribution in [2.75, 3.05) is 7.11 Å². The third-order valence-electron chi connectivity index (χ3n) is 3.06. The molecule has 2 aromatic carbocycles. The summed E-state index contributed by atoms with van der Waals surface area (Å²) in [4.78, 5) is 0. The van der Waals surface area contributed by atoms with Gasteiger partial charge in [0.05, 0.1) is 7.11 Å². The first-order chi connectivity index (χ1) is 8.55. The first-order valence-corrected chi connectivity index (χ1v) is 5.71. The highest BCUT2D eigenvalue weighted by Gasteiger charge is 2.28. The first-order valence-electron chi connectivity index (χ1n) is 5.71. The maximum absolute atomic E-state index is 10.7. The minimum Gasteiger partial charge on any atom is -0.508 e. The maximum Gasteiger partial charge on any atom is 0.125 e. The lowest BCUT2D eigenvalue weighted by atomic mass is 9.87. The highest BCUT2D eigenvalue weighted by atomic mass is 16.5. The van der Waals surface area contributed by atoms with Crippen molar-refractivity contribution >= 4 is 0 Å². The van der Waals surface area contributed by atoms with Crippen molar-refractivity contribution in [2.45, 2.75) is 12.5 Å². The minimum atomic E-state index is -1.17. The molecule has 0 radical (unpaired) electrons. The van der Waals surface area contributed by atoms with Gasteiger partial charge in [0.2, 0.25) is 0 Å². The van der Waals surface area contributed by atoms with Gasteiger partial charge in [-0.1, -0.05) is 30.3 Å². The monoisotopic (exact) mass is 244 g/mol. The zero-order valence-electron chi connectivity index (χ0n) is 10.4. The van der Waals surface area contributed by atoms with Crippen LogP contribution in [0.3, 0.4) is 0 Å². The SMILES string of the molecule is COc1ccccc1C(C)(O)c1ccc(O)cc1. The van der Waals surface area contributed by atoms with Crippen LogP contribution >= 0.6 is 0 Å². The number of phenols is 1. The molecule has 0 bridgehead atoms. The molecule has 0 aromatic heterocycles. The highest BCUT2D eigenvalue weighted by Crippen LogP contribution is 2.35. The Morgan fingerprint density at radius 1 is 1.00 bits per heavy atom. The smallest absolute Gasteiger partial charge is 0.125 e. The number of aromatic hydroxyl groups is 1. The van der Waals surface area contributed by atoms with Gasteiger partial charge in [-0.15, -0.1) is 0 Å². The van der Waals surface area contributed by atoms with Crippen LogP contribution in [0.2, 0.25) is 0 Å². The molecule has 1 unspecified atom stereocenters. The summed E-state index contributed by atoms with van der Waals surface area (Å²) < 4.78 is 5.27. The molecule has 0 amide bonds. The quantitative estimate of drug-likeness (QED) is 0.872. The molecule has 18 heavy (non-hydrogen) atoms. The lowest BCUT2D eigenvalue weighted by Gasteiger charge is -2.26. The number of hydrogen-bond donors (Lipinski definition) is 2. The second-order valence-corrected chi connectivity index (χ2v) is 4.32. The van der Waals surface area contributed by atoms with Crippen molar-refractivity contribution in [1.29, 1.82) is 0 Å². The van der Waals surface area contributed by atoms with Gasteiger partial charge in [-0.05, 0) is 30.7 Å². The molecule has 3 heteroatoms. The summed E-state index contributed by atoms with van der Waals surface area (Å²) in [5.74, 6) is 0.810. The summed E-state index contributed by atoms with van der Waals surface area (Å²) >= 11 is 0. The van der Waals surface area contributed by atoms with E-state index in [1.165, 1.54) is 0 Å². The molecule has 2 N–H and O–H groups in total. The number of phenolic OH excluding ortho intramolecular Hbond substituents is 1. The van der Waals surface area contributed by atoms with E-state index in [0.29, 0.717) is 16.9 Å². The topological polar surface area (TPSA) is 49.7 Å². The lowest BCUT2D eigenvalue weighted by Crippen LogP contribution is -2.23. The van der Waals surface area contributed by atoms with E-state index < -0.39 is 5.60 Å². The van der Waals surface area contributed by atoms with Gasteiger partial charge < -0.3 is 14.9 Å². The Kier molecular flexibility index (Phi) is 3.26. The summed E-state index contributed by atoms with van der Waals surface area (Å²) in [6, 6.07) is 13.8. The third-order valence-corrected chi connectivity index (χ3v) is 3.06. The van der Waals surface area contributed by atoms with Crippen LogP contribution in [0.5, 0.6) is 11.5 Å². The van der Waals surface area contributed by atoms with Crippen LogP contribution in [0.25, 0.3) is 0 Å². The predicted octanol–water partition coefficient (Wildman–Crippen LogP) is 2.66. The Balaban J connectivity index is 2.50. The number of para-hydroxylation sites is 1. The van der Waals surface area contributed by atoms with E-state index in [4.69, 9.17) is 4.74 Å². The maximum atomic E-state index is 10.7. The summed E-state index contributed by atoms with van der Waals surface area (Å²) in [6.07, 6.45) is 0. The number of rotatable bonds is 3. The minimum absolute atomic E-state index is 0.176. The van der Waals surface area contributed by atoms with Crippen LogP contribution in [0.1, 0.15) is 18.1 Å². The van der Waals surface area contributed by atoms with E-state index in [1.807, 2.05) is 24.3 Å². The number of ether oxygens (including phenoxy) is 1. The molecule has 1 atom stereocenters. The fourth-order valence-corrected chi connectivity index (χ4v) is 1.99. The number of benzene rings is 2. The highest BCUT2D eigenvalue weighted by molar-refractivity contribution is 5.44. The Labute approximate surface area is 106 Å². The summed E-state index contributed by atoms with van der Waals surface area (Å²) in [6.45, 7) is 1.71. The molecule has 0 saturated carbocycles. The van der Waals surface area contributed by atoms with E-state index in [2.05, 4.69) is 0 Å². The van der Waals surface area contributed by atoms with Crippen molar-refractivity contribution in [1.82, 2.24) is 0 Å². The van der Waals surface area contributed by atoms with Crippen LogP contribution in [-0.2, 0) is 5.60 Å². The van der Waals surface area contributed by atoms with Crippen LogP contribution in [0, 0.1) is 0 Å². The predicted molar refractivity (Wildman–Crippen MR) is 69.8 cm³/mol. The van der Waals surface area contributed by atoms with Crippen molar-refractivity contribution in [3.05, 3.63) is 59.7 Å². The number of hydrogen-bond acceptors (Lipinski definition) is 3. The molecule has 3 nitrogen and oxygen atoms in total. The summed E-state index contributed by atoms with van der Waals surface area (Å²) in [7, 11) is 1.58. The zero-order chi connectivity index (χ0) is 13.2. The van der Waals surface area contributed by atoms with Gasteiger partial charge in [0.1, 0.15) is 17.1 Å².